The molecule has 1 unspecified atom stereocenters. The van der Waals surface area contributed by atoms with E-state index in [1.54, 1.807) is 36.4 Å². The molecule has 186 valence electrons. The Labute approximate surface area is 210 Å². The molecule has 1 amide bonds. The molecule has 1 saturated heterocycles. The summed E-state index contributed by atoms with van der Waals surface area (Å²) >= 11 is 0. The predicted octanol–water partition coefficient (Wildman–Crippen LogP) is 4.73. The van der Waals surface area contributed by atoms with E-state index in [4.69, 9.17) is 14.2 Å². The minimum Gasteiger partial charge on any atom is -0.507 e. The predicted molar refractivity (Wildman–Crippen MR) is 136 cm³/mol. The van der Waals surface area contributed by atoms with Gasteiger partial charge >= 0.3 is 0 Å². The molecular formula is C29H29NO6. The second-order valence-corrected chi connectivity index (χ2v) is 8.25. The van der Waals surface area contributed by atoms with Crippen molar-refractivity contribution in [2.24, 2.45) is 0 Å². The van der Waals surface area contributed by atoms with Crippen molar-refractivity contribution >= 4 is 17.4 Å². The maximum absolute atomic E-state index is 13.2. The summed E-state index contributed by atoms with van der Waals surface area (Å²) in [5, 5.41) is 11.3. The summed E-state index contributed by atoms with van der Waals surface area (Å²) in [6.07, 6.45) is 0. The lowest BCUT2D eigenvalue weighted by Crippen LogP contribution is -2.32. The number of nitrogens with zero attached hydrogens (tertiary/aromatic N) is 1. The maximum atomic E-state index is 13.2. The number of aliphatic hydroxyl groups excluding tert-OH is 1. The number of methoxy groups -OCH3 is 1. The molecule has 1 atom stereocenters. The lowest BCUT2D eigenvalue weighted by Gasteiger charge is -2.26. The van der Waals surface area contributed by atoms with Gasteiger partial charge in [0, 0.05) is 24.8 Å². The summed E-state index contributed by atoms with van der Waals surface area (Å²) in [6.45, 7) is 3.12. The SMILES string of the molecule is CCOc1ccccc1C1/C(=C(\O)c2ccc(OCc3ccccc3)cc2)C(=O)C(=O)N1CCOC. The first-order valence-corrected chi connectivity index (χ1v) is 11.8. The van der Waals surface area contributed by atoms with Crippen molar-refractivity contribution < 1.29 is 28.9 Å². The smallest absolute Gasteiger partial charge is 0.295 e. The van der Waals surface area contributed by atoms with Crippen LogP contribution in [-0.4, -0.2) is 48.6 Å². The van der Waals surface area contributed by atoms with Crippen molar-refractivity contribution in [3.8, 4) is 11.5 Å². The fourth-order valence-electron chi connectivity index (χ4n) is 4.22. The molecule has 1 fully saturated rings. The average Bonchev–Trinajstić information content (AvgIpc) is 3.16. The molecule has 36 heavy (non-hydrogen) atoms. The number of Topliss-reactive ketones (excluding diaryl/α,β-unsaturated/α-hetero) is 1. The third-order valence-electron chi connectivity index (χ3n) is 5.97. The Morgan fingerprint density at radius 3 is 2.31 bits per heavy atom. The summed E-state index contributed by atoms with van der Waals surface area (Å²) in [5.41, 5.74) is 2.08. The van der Waals surface area contributed by atoms with Crippen molar-refractivity contribution in [2.75, 3.05) is 26.9 Å². The van der Waals surface area contributed by atoms with Crippen LogP contribution in [0.15, 0.2) is 84.4 Å². The summed E-state index contributed by atoms with van der Waals surface area (Å²) in [4.78, 5) is 27.6. The number of para-hydroxylation sites is 1. The topological polar surface area (TPSA) is 85.3 Å². The molecule has 7 nitrogen and oxygen atoms in total. The highest BCUT2D eigenvalue weighted by atomic mass is 16.5. The largest absolute Gasteiger partial charge is 0.507 e. The van der Waals surface area contributed by atoms with E-state index < -0.39 is 17.7 Å². The van der Waals surface area contributed by atoms with Crippen molar-refractivity contribution in [2.45, 2.75) is 19.6 Å². The van der Waals surface area contributed by atoms with E-state index in [-0.39, 0.29) is 24.5 Å². The van der Waals surface area contributed by atoms with Crippen molar-refractivity contribution in [1.29, 1.82) is 0 Å². The van der Waals surface area contributed by atoms with Crippen LogP contribution in [0.25, 0.3) is 5.76 Å². The molecule has 3 aromatic rings. The van der Waals surface area contributed by atoms with Crippen LogP contribution in [0.4, 0.5) is 0 Å². The second kappa shape index (κ2) is 11.6. The van der Waals surface area contributed by atoms with Gasteiger partial charge in [-0.1, -0.05) is 48.5 Å². The third-order valence-corrected chi connectivity index (χ3v) is 5.97. The van der Waals surface area contributed by atoms with E-state index in [2.05, 4.69) is 0 Å². The van der Waals surface area contributed by atoms with Crippen LogP contribution < -0.4 is 9.47 Å². The number of hydrogen-bond acceptors (Lipinski definition) is 6. The number of rotatable bonds is 10. The van der Waals surface area contributed by atoms with Crippen molar-refractivity contribution in [1.82, 2.24) is 4.90 Å². The quantitative estimate of drug-likeness (QED) is 0.253. The van der Waals surface area contributed by atoms with Crippen LogP contribution >= 0.6 is 0 Å². The molecule has 0 saturated carbocycles. The molecule has 0 aromatic heterocycles. The summed E-state index contributed by atoms with van der Waals surface area (Å²) < 4.78 is 16.8. The van der Waals surface area contributed by atoms with Crippen LogP contribution in [0.1, 0.15) is 29.7 Å². The molecule has 0 aliphatic carbocycles. The number of ether oxygens (including phenoxy) is 3. The van der Waals surface area contributed by atoms with Crippen LogP contribution in [0.5, 0.6) is 11.5 Å². The van der Waals surface area contributed by atoms with E-state index in [0.717, 1.165) is 5.56 Å². The first-order chi connectivity index (χ1) is 17.5. The number of benzene rings is 3. The second-order valence-electron chi connectivity index (χ2n) is 8.25. The Hall–Kier alpha value is -4.10. The van der Waals surface area contributed by atoms with E-state index in [1.807, 2.05) is 49.4 Å². The van der Waals surface area contributed by atoms with Gasteiger partial charge < -0.3 is 24.2 Å². The van der Waals surface area contributed by atoms with Gasteiger partial charge in [0.15, 0.2) is 0 Å². The first kappa shape index (κ1) is 25.0. The Morgan fingerprint density at radius 2 is 1.61 bits per heavy atom. The number of ketones is 1. The molecule has 7 heteroatoms. The normalized spacial score (nSPS) is 16.8. The lowest BCUT2D eigenvalue weighted by atomic mass is 9.94. The molecule has 1 heterocycles. The van der Waals surface area contributed by atoms with Crippen LogP contribution in [0.2, 0.25) is 0 Å². The van der Waals surface area contributed by atoms with Gasteiger partial charge in [-0.05, 0) is 42.8 Å². The van der Waals surface area contributed by atoms with Crippen LogP contribution in [-0.2, 0) is 20.9 Å². The van der Waals surface area contributed by atoms with Gasteiger partial charge in [0.05, 0.1) is 24.8 Å². The average molecular weight is 488 g/mol. The van der Waals surface area contributed by atoms with E-state index in [0.29, 0.717) is 35.8 Å². The van der Waals surface area contributed by atoms with E-state index in [1.165, 1.54) is 12.0 Å². The fraction of sp³-hybridized carbons (Fsp3) is 0.241. The maximum Gasteiger partial charge on any atom is 0.295 e. The highest BCUT2D eigenvalue weighted by molar-refractivity contribution is 6.46. The zero-order valence-electron chi connectivity index (χ0n) is 20.3. The summed E-state index contributed by atoms with van der Waals surface area (Å²) in [6, 6.07) is 23.0. The minimum absolute atomic E-state index is 0.0150. The highest BCUT2D eigenvalue weighted by Gasteiger charge is 2.46. The van der Waals surface area contributed by atoms with E-state index in [9.17, 15) is 14.7 Å². The van der Waals surface area contributed by atoms with Gasteiger partial charge in [-0.3, -0.25) is 9.59 Å². The van der Waals surface area contributed by atoms with Gasteiger partial charge in [-0.2, -0.15) is 0 Å². The van der Waals surface area contributed by atoms with Gasteiger partial charge in [0.1, 0.15) is 23.9 Å². The van der Waals surface area contributed by atoms with Crippen LogP contribution in [0, 0.1) is 0 Å². The molecule has 4 rings (SSSR count). The Bertz CT molecular complexity index is 1240. The van der Waals surface area contributed by atoms with E-state index >= 15 is 0 Å². The Morgan fingerprint density at radius 1 is 0.917 bits per heavy atom. The summed E-state index contributed by atoms with van der Waals surface area (Å²) in [5.74, 6) is -0.518. The van der Waals surface area contributed by atoms with Crippen molar-refractivity contribution in [3.63, 3.8) is 0 Å². The standard InChI is InChI=1S/C29H29NO6/c1-3-35-24-12-8-7-11-23(24)26-25(28(32)29(33)30(26)17-18-34-2)27(31)21-13-15-22(16-14-21)36-19-20-9-5-4-6-10-20/h4-16,26,31H,3,17-19H2,1-2H3/b27-25+. The zero-order chi connectivity index (χ0) is 25.5. The van der Waals surface area contributed by atoms with Gasteiger partial charge in [-0.25, -0.2) is 0 Å². The highest BCUT2D eigenvalue weighted by Crippen LogP contribution is 2.42. The number of carbonyl (C=O) groups excluding carboxylic acids is 2. The number of amides is 1. The summed E-state index contributed by atoms with van der Waals surface area (Å²) in [7, 11) is 1.53. The van der Waals surface area contributed by atoms with Gasteiger partial charge in [-0.15, -0.1) is 0 Å². The Balaban J connectivity index is 1.69. The number of carbonyl (C=O) groups is 2. The molecule has 0 bridgehead atoms. The molecule has 0 spiro atoms. The number of aliphatic hydroxyl groups is 1. The molecule has 1 aliphatic heterocycles. The minimum atomic E-state index is -0.808. The number of hydrogen-bond donors (Lipinski definition) is 1. The molecule has 0 radical (unpaired) electrons. The third kappa shape index (κ3) is 5.26. The van der Waals surface area contributed by atoms with Crippen molar-refractivity contribution in [3.05, 3.63) is 101 Å². The molecule has 1 N–H and O–H groups in total. The first-order valence-electron chi connectivity index (χ1n) is 11.8. The zero-order valence-corrected chi connectivity index (χ0v) is 20.3. The molecular weight excluding hydrogens is 458 g/mol. The monoisotopic (exact) mass is 487 g/mol. The molecule has 1 aliphatic rings. The van der Waals surface area contributed by atoms with Crippen LogP contribution in [0.3, 0.4) is 0 Å². The van der Waals surface area contributed by atoms with Gasteiger partial charge in [0.2, 0.25) is 0 Å². The fourth-order valence-corrected chi connectivity index (χ4v) is 4.22. The number of likely N-dealkylation sites (tertiary alicyclic amines) is 1. The lowest BCUT2D eigenvalue weighted by molar-refractivity contribution is -0.140. The Kier molecular flexibility index (Phi) is 8.02. The molecule has 3 aromatic carbocycles. The van der Waals surface area contributed by atoms with Gasteiger partial charge in [0.25, 0.3) is 11.7 Å².